The highest BCUT2D eigenvalue weighted by atomic mass is 14.5. The molecule has 1 nitrogen and oxygen atoms in total. The fourth-order valence-electron chi connectivity index (χ4n) is 3.17. The van der Waals surface area contributed by atoms with E-state index in [1.807, 2.05) is 0 Å². The van der Waals surface area contributed by atoms with Crippen LogP contribution in [0.4, 0.5) is 0 Å². The smallest absolute Gasteiger partial charge is 0.0183 e. The first-order valence-electron chi connectivity index (χ1n) is 6.18. The van der Waals surface area contributed by atoms with Crippen molar-refractivity contribution >= 4 is 0 Å². The van der Waals surface area contributed by atoms with E-state index in [2.05, 4.69) is 34.6 Å². The van der Waals surface area contributed by atoms with Crippen LogP contribution < -0.4 is 5.73 Å². The van der Waals surface area contributed by atoms with Crippen LogP contribution in [0.15, 0.2) is 0 Å². The fourth-order valence-corrected chi connectivity index (χ4v) is 3.17. The molecule has 0 aliphatic heterocycles. The summed E-state index contributed by atoms with van der Waals surface area (Å²) in [5, 5.41) is 0. The summed E-state index contributed by atoms with van der Waals surface area (Å²) >= 11 is 0. The van der Waals surface area contributed by atoms with Crippen molar-refractivity contribution in [3.8, 4) is 0 Å². The van der Waals surface area contributed by atoms with Crippen molar-refractivity contribution in [3.63, 3.8) is 0 Å². The monoisotopic (exact) mass is 217 g/mol. The number of rotatable bonds is 1. The Hall–Kier alpha value is -0.820. The summed E-state index contributed by atoms with van der Waals surface area (Å²) < 4.78 is 0. The molecule has 0 amide bonds. The van der Waals surface area contributed by atoms with Crippen LogP contribution >= 0.6 is 0 Å². The lowest BCUT2D eigenvalue weighted by Crippen LogP contribution is -2.10. The van der Waals surface area contributed by atoms with Gasteiger partial charge in [-0.3, -0.25) is 0 Å². The molecule has 2 rings (SSSR count). The molecular weight excluding hydrogens is 194 g/mol. The standard InChI is InChI=1S/C15H23N/c1-9-10(2)14(8-16)11(3)13-7-15(4,5)6-12(9)13/h6-8,16H2,1-5H3. The number of nitrogens with two attached hydrogens (primary N) is 1. The highest BCUT2D eigenvalue weighted by molar-refractivity contribution is 5.53. The SMILES string of the molecule is Cc1c(C)c2c(c(C)c1CN)CC(C)(C)C2. The molecule has 16 heavy (non-hydrogen) atoms. The molecule has 0 radical (unpaired) electrons. The third kappa shape index (κ3) is 1.58. The van der Waals surface area contributed by atoms with E-state index in [1.54, 1.807) is 11.1 Å². The van der Waals surface area contributed by atoms with Crippen molar-refractivity contribution in [2.45, 2.75) is 54.0 Å². The lowest BCUT2D eigenvalue weighted by molar-refractivity contribution is 0.392. The van der Waals surface area contributed by atoms with Crippen molar-refractivity contribution in [1.29, 1.82) is 0 Å². The number of fused-ring (bicyclic) bond motifs is 1. The molecule has 0 saturated carbocycles. The summed E-state index contributed by atoms with van der Waals surface area (Å²) in [4.78, 5) is 0. The predicted molar refractivity (Wildman–Crippen MR) is 69.7 cm³/mol. The molecule has 1 aliphatic rings. The average Bonchev–Trinajstić information content (AvgIpc) is 2.52. The van der Waals surface area contributed by atoms with E-state index in [0.717, 1.165) is 0 Å². The first-order valence-corrected chi connectivity index (χ1v) is 6.18. The normalized spacial score (nSPS) is 17.6. The minimum Gasteiger partial charge on any atom is -0.326 e. The molecule has 0 atom stereocenters. The van der Waals surface area contributed by atoms with Crippen LogP contribution in [0.25, 0.3) is 0 Å². The van der Waals surface area contributed by atoms with Gasteiger partial charge in [-0.1, -0.05) is 13.8 Å². The Labute approximate surface area is 99.0 Å². The highest BCUT2D eigenvalue weighted by Crippen LogP contribution is 2.41. The molecule has 1 aromatic carbocycles. The molecule has 1 heteroatoms. The molecule has 0 heterocycles. The Morgan fingerprint density at radius 3 is 1.94 bits per heavy atom. The first kappa shape index (κ1) is 11.7. The van der Waals surface area contributed by atoms with Gasteiger partial charge in [-0.05, 0) is 72.4 Å². The second kappa shape index (κ2) is 3.59. The van der Waals surface area contributed by atoms with Gasteiger partial charge in [-0.15, -0.1) is 0 Å². The van der Waals surface area contributed by atoms with E-state index in [-0.39, 0.29) is 0 Å². The summed E-state index contributed by atoms with van der Waals surface area (Å²) in [5.74, 6) is 0. The number of hydrogen-bond acceptors (Lipinski definition) is 1. The van der Waals surface area contributed by atoms with Gasteiger partial charge >= 0.3 is 0 Å². The van der Waals surface area contributed by atoms with Gasteiger partial charge in [-0.2, -0.15) is 0 Å². The Bertz CT molecular complexity index is 441. The van der Waals surface area contributed by atoms with Crippen LogP contribution in [0.5, 0.6) is 0 Å². The van der Waals surface area contributed by atoms with Crippen LogP contribution in [0.1, 0.15) is 47.2 Å². The molecule has 0 spiro atoms. The average molecular weight is 217 g/mol. The van der Waals surface area contributed by atoms with E-state index in [9.17, 15) is 0 Å². The molecule has 88 valence electrons. The van der Waals surface area contributed by atoms with E-state index in [0.29, 0.717) is 12.0 Å². The Morgan fingerprint density at radius 1 is 0.938 bits per heavy atom. The second-order valence-corrected chi connectivity index (χ2v) is 6.03. The Kier molecular flexibility index (Phi) is 2.62. The third-order valence-electron chi connectivity index (χ3n) is 4.25. The number of benzene rings is 1. The molecule has 1 aromatic rings. The summed E-state index contributed by atoms with van der Waals surface area (Å²) in [6.45, 7) is 12.1. The summed E-state index contributed by atoms with van der Waals surface area (Å²) in [7, 11) is 0. The highest BCUT2D eigenvalue weighted by Gasteiger charge is 2.32. The van der Waals surface area contributed by atoms with E-state index < -0.39 is 0 Å². The lowest BCUT2D eigenvalue weighted by Gasteiger charge is -2.17. The van der Waals surface area contributed by atoms with Crippen molar-refractivity contribution in [2.75, 3.05) is 0 Å². The minimum absolute atomic E-state index is 0.428. The predicted octanol–water partition coefficient (Wildman–Crippen LogP) is 3.20. The van der Waals surface area contributed by atoms with Crippen LogP contribution in [-0.4, -0.2) is 0 Å². The summed E-state index contributed by atoms with van der Waals surface area (Å²) in [6, 6.07) is 0. The van der Waals surface area contributed by atoms with Gasteiger partial charge in [0.05, 0.1) is 0 Å². The molecule has 0 bridgehead atoms. The van der Waals surface area contributed by atoms with Gasteiger partial charge in [-0.25, -0.2) is 0 Å². The second-order valence-electron chi connectivity index (χ2n) is 6.03. The summed E-state index contributed by atoms with van der Waals surface area (Å²) in [6.07, 6.45) is 2.43. The first-order chi connectivity index (χ1) is 7.37. The minimum atomic E-state index is 0.428. The van der Waals surface area contributed by atoms with Crippen LogP contribution in [-0.2, 0) is 19.4 Å². The van der Waals surface area contributed by atoms with Crippen LogP contribution in [0.3, 0.4) is 0 Å². The van der Waals surface area contributed by atoms with Gasteiger partial charge in [0.25, 0.3) is 0 Å². The zero-order valence-electron chi connectivity index (χ0n) is 11.2. The van der Waals surface area contributed by atoms with Gasteiger partial charge < -0.3 is 5.73 Å². The van der Waals surface area contributed by atoms with E-state index >= 15 is 0 Å². The van der Waals surface area contributed by atoms with E-state index in [1.165, 1.54) is 35.1 Å². The van der Waals surface area contributed by atoms with Crippen LogP contribution in [0, 0.1) is 26.2 Å². The molecule has 1 aliphatic carbocycles. The summed E-state index contributed by atoms with van der Waals surface area (Å²) in [5.41, 5.74) is 15.2. The maximum absolute atomic E-state index is 5.88. The van der Waals surface area contributed by atoms with Gasteiger partial charge in [0.15, 0.2) is 0 Å². The zero-order chi connectivity index (χ0) is 12.1. The quantitative estimate of drug-likeness (QED) is 0.768. The van der Waals surface area contributed by atoms with Gasteiger partial charge in [0.2, 0.25) is 0 Å². The maximum Gasteiger partial charge on any atom is 0.0183 e. The molecular formula is C15H23N. The maximum atomic E-state index is 5.88. The number of hydrogen-bond donors (Lipinski definition) is 1. The van der Waals surface area contributed by atoms with Crippen molar-refractivity contribution in [3.05, 3.63) is 33.4 Å². The van der Waals surface area contributed by atoms with Gasteiger partial charge in [0.1, 0.15) is 0 Å². The largest absolute Gasteiger partial charge is 0.326 e. The topological polar surface area (TPSA) is 26.0 Å². The Balaban J connectivity index is 2.68. The van der Waals surface area contributed by atoms with Crippen molar-refractivity contribution in [1.82, 2.24) is 0 Å². The van der Waals surface area contributed by atoms with Crippen LogP contribution in [0.2, 0.25) is 0 Å². The molecule has 0 unspecified atom stereocenters. The third-order valence-corrected chi connectivity index (χ3v) is 4.25. The lowest BCUT2D eigenvalue weighted by atomic mass is 9.90. The zero-order valence-corrected chi connectivity index (χ0v) is 11.2. The van der Waals surface area contributed by atoms with Crippen molar-refractivity contribution in [2.24, 2.45) is 11.1 Å². The Morgan fingerprint density at radius 2 is 1.44 bits per heavy atom. The molecule has 0 fully saturated rings. The molecule has 0 aromatic heterocycles. The molecule has 0 saturated heterocycles. The van der Waals surface area contributed by atoms with E-state index in [4.69, 9.17) is 5.73 Å². The van der Waals surface area contributed by atoms with Gasteiger partial charge in [0, 0.05) is 6.54 Å². The fraction of sp³-hybridized carbons (Fsp3) is 0.600. The van der Waals surface area contributed by atoms with Crippen molar-refractivity contribution < 1.29 is 0 Å². The molecule has 2 N–H and O–H groups in total.